The van der Waals surface area contributed by atoms with E-state index in [9.17, 15) is 4.79 Å². The molecule has 4 heterocycles. The lowest BCUT2D eigenvalue weighted by Gasteiger charge is -2.36. The molecule has 2 aromatic rings. The molecule has 1 fully saturated rings. The molecule has 0 radical (unpaired) electrons. The maximum absolute atomic E-state index is 13.3. The first-order valence-corrected chi connectivity index (χ1v) is 10.9. The van der Waals surface area contributed by atoms with Crippen molar-refractivity contribution in [2.24, 2.45) is 18.0 Å². The van der Waals surface area contributed by atoms with Crippen LogP contribution in [0.5, 0.6) is 0 Å². The second-order valence-electron chi connectivity index (χ2n) is 8.69. The Balaban J connectivity index is 1.46. The second kappa shape index (κ2) is 7.81. The van der Waals surface area contributed by atoms with E-state index < -0.39 is 0 Å². The van der Waals surface area contributed by atoms with Crippen LogP contribution in [-0.2, 0) is 11.8 Å². The van der Waals surface area contributed by atoms with Gasteiger partial charge in [-0.05, 0) is 42.7 Å². The lowest BCUT2D eigenvalue weighted by molar-refractivity contribution is -0.122. The Hall–Kier alpha value is -3.19. The zero-order chi connectivity index (χ0) is 21.5. The number of likely N-dealkylation sites (N-methyl/N-ethyl adjacent to an activating group) is 1. The first-order valence-electron chi connectivity index (χ1n) is 10.9. The summed E-state index contributed by atoms with van der Waals surface area (Å²) < 4.78 is 1.82. The van der Waals surface area contributed by atoms with Crippen molar-refractivity contribution >= 4 is 28.6 Å². The lowest BCUT2D eigenvalue weighted by atomic mass is 9.89. The number of aromatic nitrogens is 2. The Morgan fingerprint density at radius 2 is 1.90 bits per heavy atom. The first kappa shape index (κ1) is 19.8. The van der Waals surface area contributed by atoms with Crippen molar-refractivity contribution in [3.05, 3.63) is 59.8 Å². The molecule has 0 aliphatic carbocycles. The van der Waals surface area contributed by atoms with Gasteiger partial charge in [0.05, 0.1) is 23.6 Å². The summed E-state index contributed by atoms with van der Waals surface area (Å²) in [6.07, 6.45) is 10.5. The summed E-state index contributed by atoms with van der Waals surface area (Å²) in [6, 6.07) is 6.23. The van der Waals surface area contributed by atoms with Crippen molar-refractivity contribution in [2.45, 2.75) is 13.3 Å². The predicted octanol–water partition coefficient (Wildman–Crippen LogP) is 2.84. The molecule has 7 heteroatoms. The lowest BCUT2D eigenvalue weighted by Crippen LogP contribution is -2.44. The fraction of sp³-hybridized carbons (Fsp3) is 0.375. The quantitative estimate of drug-likeness (QED) is 0.756. The third-order valence-electron chi connectivity index (χ3n) is 6.36. The smallest absolute Gasteiger partial charge is 0.255 e. The summed E-state index contributed by atoms with van der Waals surface area (Å²) in [7, 11) is 4.06. The minimum atomic E-state index is -0.0307. The van der Waals surface area contributed by atoms with E-state index in [1.165, 1.54) is 0 Å². The van der Waals surface area contributed by atoms with Gasteiger partial charge in [-0.25, -0.2) is 4.99 Å². The number of piperazine rings is 1. The molecule has 1 amide bonds. The molecule has 31 heavy (non-hydrogen) atoms. The Bertz CT molecular complexity index is 1150. The van der Waals surface area contributed by atoms with Crippen molar-refractivity contribution < 1.29 is 4.79 Å². The predicted molar refractivity (Wildman–Crippen MR) is 123 cm³/mol. The fourth-order valence-corrected chi connectivity index (χ4v) is 4.42. The molecule has 0 spiro atoms. The van der Waals surface area contributed by atoms with E-state index in [-0.39, 0.29) is 11.8 Å². The van der Waals surface area contributed by atoms with Gasteiger partial charge in [-0.3, -0.25) is 14.4 Å². The van der Waals surface area contributed by atoms with Gasteiger partial charge in [0.2, 0.25) is 0 Å². The van der Waals surface area contributed by atoms with E-state index in [1.807, 2.05) is 36.4 Å². The van der Waals surface area contributed by atoms with Gasteiger partial charge in [0.1, 0.15) is 5.82 Å². The van der Waals surface area contributed by atoms with Crippen LogP contribution in [0.2, 0.25) is 0 Å². The maximum Gasteiger partial charge on any atom is 0.255 e. The monoisotopic (exact) mass is 416 g/mol. The van der Waals surface area contributed by atoms with Gasteiger partial charge in [-0.1, -0.05) is 19.1 Å². The topological polar surface area (TPSA) is 57.0 Å². The molecule has 3 aliphatic heterocycles. The number of fused-ring (bicyclic) bond motifs is 2. The highest BCUT2D eigenvalue weighted by Crippen LogP contribution is 2.32. The number of benzene rings is 1. The third kappa shape index (κ3) is 3.81. The number of aliphatic imine (C=N–C) groups is 1. The molecule has 160 valence electrons. The minimum absolute atomic E-state index is 0.0307. The van der Waals surface area contributed by atoms with E-state index >= 15 is 0 Å². The second-order valence-corrected chi connectivity index (χ2v) is 8.69. The molecule has 1 unspecified atom stereocenters. The summed E-state index contributed by atoms with van der Waals surface area (Å²) in [5, 5.41) is 5.55. The summed E-state index contributed by atoms with van der Waals surface area (Å²) in [5.74, 6) is 1.06. The molecule has 5 rings (SSSR count). The van der Waals surface area contributed by atoms with Crippen LogP contribution in [0.3, 0.4) is 0 Å². The van der Waals surface area contributed by atoms with Gasteiger partial charge >= 0.3 is 0 Å². The SMILES string of the molecule is CC1CC=C2C=NC(N3CCN(C)CC3)=CN2C(=O)C=C1c1ccc2nn(C)cc2c1. The van der Waals surface area contributed by atoms with Gasteiger partial charge < -0.3 is 9.80 Å². The van der Waals surface area contributed by atoms with Crippen LogP contribution in [0.1, 0.15) is 18.9 Å². The summed E-state index contributed by atoms with van der Waals surface area (Å²) in [4.78, 5) is 24.3. The van der Waals surface area contributed by atoms with Gasteiger partial charge in [0.15, 0.2) is 0 Å². The molecule has 3 aliphatic rings. The highest BCUT2D eigenvalue weighted by atomic mass is 16.2. The molecule has 1 atom stereocenters. The van der Waals surface area contributed by atoms with Crippen molar-refractivity contribution in [2.75, 3.05) is 33.2 Å². The van der Waals surface area contributed by atoms with Gasteiger partial charge in [-0.15, -0.1) is 0 Å². The van der Waals surface area contributed by atoms with Crippen LogP contribution in [0.4, 0.5) is 0 Å². The minimum Gasteiger partial charge on any atom is -0.353 e. The van der Waals surface area contributed by atoms with Crippen molar-refractivity contribution in [1.29, 1.82) is 0 Å². The fourth-order valence-electron chi connectivity index (χ4n) is 4.42. The third-order valence-corrected chi connectivity index (χ3v) is 6.36. The molecule has 0 saturated carbocycles. The molecule has 0 N–H and O–H groups in total. The van der Waals surface area contributed by atoms with E-state index in [2.05, 4.69) is 52.1 Å². The number of carbonyl (C=O) groups excluding carboxylic acids is 1. The Kier molecular flexibility index (Phi) is 4.98. The van der Waals surface area contributed by atoms with Crippen molar-refractivity contribution in [3.63, 3.8) is 0 Å². The summed E-state index contributed by atoms with van der Waals surface area (Å²) >= 11 is 0. The molecular weight excluding hydrogens is 388 g/mol. The van der Waals surface area contributed by atoms with E-state index in [0.717, 1.165) is 66.2 Å². The molecule has 1 saturated heterocycles. The van der Waals surface area contributed by atoms with Gasteiger partial charge in [-0.2, -0.15) is 5.10 Å². The van der Waals surface area contributed by atoms with E-state index in [1.54, 1.807) is 11.0 Å². The maximum atomic E-state index is 13.3. The number of carbonyl (C=O) groups is 1. The zero-order valence-electron chi connectivity index (χ0n) is 18.3. The van der Waals surface area contributed by atoms with Crippen molar-refractivity contribution in [1.82, 2.24) is 24.5 Å². The number of hydrogen-bond acceptors (Lipinski definition) is 5. The largest absolute Gasteiger partial charge is 0.353 e. The molecular formula is C24H28N6O. The Labute approximate surface area is 182 Å². The number of rotatable bonds is 2. The summed E-state index contributed by atoms with van der Waals surface area (Å²) in [5.41, 5.74) is 3.95. The van der Waals surface area contributed by atoms with E-state index in [4.69, 9.17) is 0 Å². The van der Waals surface area contributed by atoms with Crippen molar-refractivity contribution in [3.8, 4) is 0 Å². The van der Waals surface area contributed by atoms with Gasteiger partial charge in [0.25, 0.3) is 5.91 Å². The number of nitrogens with zero attached hydrogens (tertiary/aromatic N) is 6. The average molecular weight is 417 g/mol. The molecule has 1 aromatic heterocycles. The highest BCUT2D eigenvalue weighted by molar-refractivity contribution is 6.01. The number of allylic oxidation sites excluding steroid dienone is 3. The number of amides is 1. The summed E-state index contributed by atoms with van der Waals surface area (Å²) in [6.45, 7) is 6.02. The average Bonchev–Trinajstić information content (AvgIpc) is 3.14. The Morgan fingerprint density at radius 3 is 2.71 bits per heavy atom. The first-order chi connectivity index (χ1) is 15.0. The molecule has 7 nitrogen and oxygen atoms in total. The van der Waals surface area contributed by atoms with Crippen LogP contribution in [0.15, 0.2) is 59.3 Å². The van der Waals surface area contributed by atoms with Crippen LogP contribution in [-0.4, -0.2) is 69.8 Å². The normalized spacial score (nSPS) is 22.6. The van der Waals surface area contributed by atoms with Gasteiger partial charge in [0, 0.05) is 50.9 Å². The van der Waals surface area contributed by atoms with Crippen LogP contribution in [0, 0.1) is 5.92 Å². The molecule has 1 aromatic carbocycles. The van der Waals surface area contributed by atoms with Crippen LogP contribution >= 0.6 is 0 Å². The standard InChI is InChI=1S/C24H28N6O/c1-17-4-6-20-14-25-23(29-10-8-27(2)9-11-29)16-30(20)24(31)13-21(17)18-5-7-22-19(12-18)15-28(3)26-22/h5-7,12-17H,4,8-11H2,1-3H3. The van der Waals surface area contributed by atoms with Crippen LogP contribution in [0.25, 0.3) is 16.5 Å². The van der Waals surface area contributed by atoms with E-state index in [0.29, 0.717) is 0 Å². The Morgan fingerprint density at radius 1 is 1.10 bits per heavy atom. The number of aryl methyl sites for hydroxylation is 1. The zero-order valence-corrected chi connectivity index (χ0v) is 18.3. The highest BCUT2D eigenvalue weighted by Gasteiger charge is 2.26. The molecule has 0 bridgehead atoms. The van der Waals surface area contributed by atoms with Crippen LogP contribution < -0.4 is 0 Å². The number of hydrogen-bond donors (Lipinski definition) is 0.